The number of hydrogen-bond donors (Lipinski definition) is 1. The monoisotopic (exact) mass is 277 g/mol. The Hall–Kier alpha value is -1.75. The summed E-state index contributed by atoms with van der Waals surface area (Å²) in [7, 11) is 0. The van der Waals surface area contributed by atoms with Crippen molar-refractivity contribution in [2.75, 3.05) is 6.54 Å². The average molecular weight is 277 g/mol. The Morgan fingerprint density at radius 1 is 1.40 bits per heavy atom. The molecule has 0 bridgehead atoms. The lowest BCUT2D eigenvalue weighted by molar-refractivity contribution is 0.368. The second-order valence-electron chi connectivity index (χ2n) is 4.97. The SMILES string of the molecule is CCNC(C)CCc1nc(-c2ccc(F)c(C)c2)no1. The first-order chi connectivity index (χ1) is 9.60. The molecule has 0 aliphatic heterocycles. The molecule has 2 aromatic rings. The van der Waals surface area contributed by atoms with Gasteiger partial charge in [-0.25, -0.2) is 4.39 Å². The van der Waals surface area contributed by atoms with Crippen molar-refractivity contribution in [3.05, 3.63) is 35.5 Å². The Morgan fingerprint density at radius 3 is 2.90 bits per heavy atom. The topological polar surface area (TPSA) is 51.0 Å². The number of nitrogens with zero attached hydrogens (tertiary/aromatic N) is 2. The quantitative estimate of drug-likeness (QED) is 0.881. The highest BCUT2D eigenvalue weighted by Gasteiger charge is 2.11. The third kappa shape index (κ3) is 3.63. The van der Waals surface area contributed by atoms with E-state index in [0.29, 0.717) is 23.3 Å². The van der Waals surface area contributed by atoms with Crippen molar-refractivity contribution in [3.63, 3.8) is 0 Å². The van der Waals surface area contributed by atoms with Crippen molar-refractivity contribution in [1.29, 1.82) is 0 Å². The zero-order valence-corrected chi connectivity index (χ0v) is 12.1. The predicted octanol–water partition coefficient (Wildman–Crippen LogP) is 3.11. The van der Waals surface area contributed by atoms with Gasteiger partial charge in [0.1, 0.15) is 5.82 Å². The van der Waals surface area contributed by atoms with E-state index in [1.807, 2.05) is 0 Å². The van der Waals surface area contributed by atoms with Gasteiger partial charge in [0.05, 0.1) is 0 Å². The molecule has 0 spiro atoms. The summed E-state index contributed by atoms with van der Waals surface area (Å²) in [6.45, 7) is 6.88. The van der Waals surface area contributed by atoms with Crippen LogP contribution in [0.5, 0.6) is 0 Å². The fraction of sp³-hybridized carbons (Fsp3) is 0.467. The Morgan fingerprint density at radius 2 is 2.20 bits per heavy atom. The molecule has 0 saturated carbocycles. The summed E-state index contributed by atoms with van der Waals surface area (Å²) in [4.78, 5) is 4.36. The summed E-state index contributed by atoms with van der Waals surface area (Å²) < 4.78 is 18.5. The maximum absolute atomic E-state index is 13.2. The third-order valence-corrected chi connectivity index (χ3v) is 3.23. The van der Waals surface area contributed by atoms with Gasteiger partial charge in [-0.05, 0) is 50.6 Å². The van der Waals surface area contributed by atoms with E-state index in [4.69, 9.17) is 4.52 Å². The smallest absolute Gasteiger partial charge is 0.227 e. The van der Waals surface area contributed by atoms with Crippen molar-refractivity contribution in [2.24, 2.45) is 0 Å². The molecule has 108 valence electrons. The van der Waals surface area contributed by atoms with Gasteiger partial charge in [-0.15, -0.1) is 0 Å². The minimum Gasteiger partial charge on any atom is -0.339 e. The van der Waals surface area contributed by atoms with Gasteiger partial charge in [0.15, 0.2) is 0 Å². The van der Waals surface area contributed by atoms with Crippen LogP contribution in [0.3, 0.4) is 0 Å². The van der Waals surface area contributed by atoms with Crippen molar-refractivity contribution in [3.8, 4) is 11.4 Å². The van der Waals surface area contributed by atoms with Gasteiger partial charge >= 0.3 is 0 Å². The molecule has 1 atom stereocenters. The fourth-order valence-corrected chi connectivity index (χ4v) is 2.05. The molecule has 2 rings (SSSR count). The minimum absolute atomic E-state index is 0.225. The summed E-state index contributed by atoms with van der Waals surface area (Å²) in [5.74, 6) is 0.905. The van der Waals surface area contributed by atoms with Crippen molar-refractivity contribution in [1.82, 2.24) is 15.5 Å². The first-order valence-corrected chi connectivity index (χ1v) is 6.92. The normalized spacial score (nSPS) is 12.6. The van der Waals surface area contributed by atoms with E-state index in [9.17, 15) is 4.39 Å². The lowest BCUT2D eigenvalue weighted by Crippen LogP contribution is -2.25. The van der Waals surface area contributed by atoms with Crippen LogP contribution >= 0.6 is 0 Å². The van der Waals surface area contributed by atoms with Gasteiger partial charge in [0.25, 0.3) is 0 Å². The highest BCUT2D eigenvalue weighted by Crippen LogP contribution is 2.19. The molecular formula is C15H20FN3O. The van der Waals surface area contributed by atoms with Gasteiger partial charge in [-0.3, -0.25) is 0 Å². The number of hydrogen-bond acceptors (Lipinski definition) is 4. The first kappa shape index (κ1) is 14.7. The number of aromatic nitrogens is 2. The summed E-state index contributed by atoms with van der Waals surface area (Å²) in [5.41, 5.74) is 1.35. The lowest BCUT2D eigenvalue weighted by Gasteiger charge is -2.09. The fourth-order valence-electron chi connectivity index (χ4n) is 2.05. The summed E-state index contributed by atoms with van der Waals surface area (Å²) in [6, 6.07) is 5.24. The molecule has 5 heteroatoms. The largest absolute Gasteiger partial charge is 0.339 e. The summed E-state index contributed by atoms with van der Waals surface area (Å²) in [5, 5.41) is 7.29. The van der Waals surface area contributed by atoms with Gasteiger partial charge in [-0.1, -0.05) is 12.1 Å². The Labute approximate surface area is 118 Å². The zero-order chi connectivity index (χ0) is 14.5. The van der Waals surface area contributed by atoms with Crippen LogP contribution in [0.1, 0.15) is 31.7 Å². The Balaban J connectivity index is 2.03. The van der Waals surface area contributed by atoms with Crippen LogP contribution in [-0.4, -0.2) is 22.7 Å². The van der Waals surface area contributed by atoms with E-state index in [1.165, 1.54) is 6.07 Å². The molecule has 0 aliphatic rings. The molecule has 0 fully saturated rings. The highest BCUT2D eigenvalue weighted by molar-refractivity contribution is 5.55. The minimum atomic E-state index is -0.225. The second-order valence-corrected chi connectivity index (χ2v) is 4.97. The van der Waals surface area contributed by atoms with Crippen LogP contribution < -0.4 is 5.32 Å². The van der Waals surface area contributed by atoms with Gasteiger partial charge in [0, 0.05) is 18.0 Å². The molecule has 20 heavy (non-hydrogen) atoms. The Kier molecular flexibility index (Phi) is 4.84. The van der Waals surface area contributed by atoms with Crippen LogP contribution in [0.15, 0.2) is 22.7 Å². The maximum atomic E-state index is 13.2. The van der Waals surface area contributed by atoms with Crippen LogP contribution in [-0.2, 0) is 6.42 Å². The molecule has 4 nitrogen and oxygen atoms in total. The van der Waals surface area contributed by atoms with Crippen LogP contribution in [0.4, 0.5) is 4.39 Å². The van der Waals surface area contributed by atoms with Crippen molar-refractivity contribution >= 4 is 0 Å². The highest BCUT2D eigenvalue weighted by atomic mass is 19.1. The predicted molar refractivity (Wildman–Crippen MR) is 75.9 cm³/mol. The first-order valence-electron chi connectivity index (χ1n) is 6.92. The van der Waals surface area contributed by atoms with Crippen LogP contribution in [0.2, 0.25) is 0 Å². The van der Waals surface area contributed by atoms with Gasteiger partial charge < -0.3 is 9.84 Å². The number of nitrogens with one attached hydrogen (secondary N) is 1. The average Bonchev–Trinajstić information content (AvgIpc) is 2.89. The van der Waals surface area contributed by atoms with Crippen molar-refractivity contribution < 1.29 is 8.91 Å². The molecule has 1 heterocycles. The number of halogens is 1. The van der Waals surface area contributed by atoms with E-state index in [-0.39, 0.29) is 5.82 Å². The second kappa shape index (κ2) is 6.61. The van der Waals surface area contributed by atoms with E-state index < -0.39 is 0 Å². The van der Waals surface area contributed by atoms with E-state index in [0.717, 1.165) is 24.9 Å². The zero-order valence-electron chi connectivity index (χ0n) is 12.1. The molecular weight excluding hydrogens is 257 g/mol. The summed E-state index contributed by atoms with van der Waals surface area (Å²) in [6.07, 6.45) is 1.68. The standard InChI is InChI=1S/C15H20FN3O/c1-4-17-11(3)5-8-14-18-15(19-20-14)12-6-7-13(16)10(2)9-12/h6-7,9,11,17H,4-5,8H2,1-3H3. The van der Waals surface area contributed by atoms with E-state index >= 15 is 0 Å². The summed E-state index contributed by atoms with van der Waals surface area (Å²) >= 11 is 0. The van der Waals surface area contributed by atoms with E-state index in [2.05, 4.69) is 29.3 Å². The maximum Gasteiger partial charge on any atom is 0.227 e. The molecule has 1 aromatic carbocycles. The number of rotatable bonds is 6. The third-order valence-electron chi connectivity index (χ3n) is 3.23. The van der Waals surface area contributed by atoms with Crippen molar-refractivity contribution in [2.45, 2.75) is 39.7 Å². The number of aryl methyl sites for hydroxylation is 2. The van der Waals surface area contributed by atoms with Gasteiger partial charge in [-0.2, -0.15) is 4.98 Å². The molecule has 0 amide bonds. The molecule has 1 unspecified atom stereocenters. The van der Waals surface area contributed by atoms with E-state index in [1.54, 1.807) is 19.1 Å². The molecule has 0 aliphatic carbocycles. The van der Waals surface area contributed by atoms with Crippen LogP contribution in [0.25, 0.3) is 11.4 Å². The Bertz CT molecular complexity index is 568. The van der Waals surface area contributed by atoms with Crippen LogP contribution in [0, 0.1) is 12.7 Å². The molecule has 1 aromatic heterocycles. The lowest BCUT2D eigenvalue weighted by atomic mass is 10.1. The number of benzene rings is 1. The molecule has 0 saturated heterocycles. The van der Waals surface area contributed by atoms with Gasteiger partial charge in [0.2, 0.25) is 11.7 Å². The molecule has 0 radical (unpaired) electrons. The molecule has 1 N–H and O–H groups in total.